The fourth-order valence-corrected chi connectivity index (χ4v) is 1.93. The molecule has 3 rings (SSSR count). The van der Waals surface area contributed by atoms with Gasteiger partial charge in [-0.25, -0.2) is 14.5 Å². The van der Waals surface area contributed by atoms with Gasteiger partial charge in [-0.05, 0) is 37.1 Å². The van der Waals surface area contributed by atoms with Crippen LogP contribution in [0.15, 0.2) is 24.3 Å². The fourth-order valence-electron chi connectivity index (χ4n) is 1.93. The molecule has 1 fully saturated rings. The fraction of sp³-hybridized carbons (Fsp3) is 0.308. The standard InChI is InChI=1S/C13H13N3O3/c1-19-10-6-4-9(5-7-10)16-12(8-2-3-8)14-11(15-16)13(17)18/h4-8H,2-3H2,1H3,(H,17,18). The summed E-state index contributed by atoms with van der Waals surface area (Å²) in [6.07, 6.45) is 2.07. The van der Waals surface area contributed by atoms with E-state index in [4.69, 9.17) is 9.84 Å². The molecular weight excluding hydrogens is 246 g/mol. The first-order chi connectivity index (χ1) is 9.19. The van der Waals surface area contributed by atoms with E-state index in [9.17, 15) is 4.79 Å². The minimum atomic E-state index is -1.10. The number of aromatic carboxylic acids is 1. The summed E-state index contributed by atoms with van der Waals surface area (Å²) in [6, 6.07) is 7.30. The number of hydrogen-bond donors (Lipinski definition) is 1. The molecule has 0 amide bonds. The summed E-state index contributed by atoms with van der Waals surface area (Å²) >= 11 is 0. The molecule has 1 heterocycles. The molecule has 0 bridgehead atoms. The zero-order valence-corrected chi connectivity index (χ0v) is 10.4. The molecule has 2 aromatic rings. The maximum atomic E-state index is 11.0. The Kier molecular flexibility index (Phi) is 2.70. The number of nitrogens with zero attached hydrogens (tertiary/aromatic N) is 3. The molecule has 0 saturated heterocycles. The van der Waals surface area contributed by atoms with Crippen molar-refractivity contribution in [3.63, 3.8) is 0 Å². The lowest BCUT2D eigenvalue weighted by atomic mass is 10.3. The SMILES string of the molecule is COc1ccc(-n2nc(C(=O)O)nc2C2CC2)cc1. The third-order valence-electron chi connectivity index (χ3n) is 3.08. The average Bonchev–Trinajstić information content (AvgIpc) is 3.17. The first kappa shape index (κ1) is 11.7. The monoisotopic (exact) mass is 259 g/mol. The smallest absolute Gasteiger partial charge is 0.375 e. The largest absolute Gasteiger partial charge is 0.497 e. The second-order valence-corrected chi connectivity index (χ2v) is 4.48. The number of rotatable bonds is 4. The van der Waals surface area contributed by atoms with Crippen molar-refractivity contribution in [1.29, 1.82) is 0 Å². The van der Waals surface area contributed by atoms with Gasteiger partial charge in [0.2, 0.25) is 0 Å². The number of carboxylic acids is 1. The van der Waals surface area contributed by atoms with Gasteiger partial charge in [0.05, 0.1) is 12.8 Å². The Morgan fingerprint density at radius 2 is 2.05 bits per heavy atom. The van der Waals surface area contributed by atoms with Crippen molar-refractivity contribution in [3.8, 4) is 11.4 Å². The van der Waals surface area contributed by atoms with Crippen LogP contribution in [0.3, 0.4) is 0 Å². The lowest BCUT2D eigenvalue weighted by Crippen LogP contribution is -2.03. The predicted molar refractivity (Wildman–Crippen MR) is 66.8 cm³/mol. The minimum Gasteiger partial charge on any atom is -0.497 e. The quantitative estimate of drug-likeness (QED) is 0.906. The summed E-state index contributed by atoms with van der Waals surface area (Å²) < 4.78 is 6.71. The molecule has 1 aromatic carbocycles. The molecular formula is C13H13N3O3. The molecule has 1 saturated carbocycles. The van der Waals surface area contributed by atoms with E-state index < -0.39 is 5.97 Å². The van der Waals surface area contributed by atoms with E-state index in [0.29, 0.717) is 5.92 Å². The highest BCUT2D eigenvalue weighted by Crippen LogP contribution is 2.39. The second-order valence-electron chi connectivity index (χ2n) is 4.48. The molecule has 1 aliphatic carbocycles. The van der Waals surface area contributed by atoms with Crippen LogP contribution in [0.1, 0.15) is 35.2 Å². The van der Waals surface area contributed by atoms with E-state index in [-0.39, 0.29) is 5.82 Å². The summed E-state index contributed by atoms with van der Waals surface area (Å²) in [4.78, 5) is 15.1. The number of benzene rings is 1. The number of aromatic nitrogens is 3. The minimum absolute atomic E-state index is 0.155. The number of hydrogen-bond acceptors (Lipinski definition) is 4. The number of methoxy groups -OCH3 is 1. The van der Waals surface area contributed by atoms with E-state index in [1.54, 1.807) is 11.8 Å². The van der Waals surface area contributed by atoms with Crippen LogP contribution < -0.4 is 4.74 Å². The third-order valence-corrected chi connectivity index (χ3v) is 3.08. The van der Waals surface area contributed by atoms with E-state index in [1.807, 2.05) is 24.3 Å². The van der Waals surface area contributed by atoms with Crippen molar-refractivity contribution in [2.75, 3.05) is 7.11 Å². The van der Waals surface area contributed by atoms with Crippen LogP contribution >= 0.6 is 0 Å². The van der Waals surface area contributed by atoms with Crippen LogP contribution in [0, 0.1) is 0 Å². The van der Waals surface area contributed by atoms with Gasteiger partial charge in [-0.2, -0.15) is 0 Å². The summed E-state index contributed by atoms with van der Waals surface area (Å²) in [5, 5.41) is 13.1. The molecule has 0 aliphatic heterocycles. The Hall–Kier alpha value is -2.37. The van der Waals surface area contributed by atoms with Crippen LogP contribution in [-0.4, -0.2) is 33.0 Å². The van der Waals surface area contributed by atoms with E-state index in [1.165, 1.54) is 0 Å². The maximum absolute atomic E-state index is 11.0. The molecule has 0 radical (unpaired) electrons. The molecule has 98 valence electrons. The highest BCUT2D eigenvalue weighted by Gasteiger charge is 2.31. The van der Waals surface area contributed by atoms with Crippen LogP contribution in [0.4, 0.5) is 0 Å². The van der Waals surface area contributed by atoms with Gasteiger partial charge in [0, 0.05) is 5.92 Å². The van der Waals surface area contributed by atoms with Crippen LogP contribution in [0.2, 0.25) is 0 Å². The third kappa shape index (κ3) is 2.16. The van der Waals surface area contributed by atoms with Gasteiger partial charge in [0.1, 0.15) is 11.6 Å². The first-order valence-electron chi connectivity index (χ1n) is 6.03. The Morgan fingerprint density at radius 1 is 1.37 bits per heavy atom. The highest BCUT2D eigenvalue weighted by molar-refractivity contribution is 5.83. The summed E-state index contributed by atoms with van der Waals surface area (Å²) in [7, 11) is 1.60. The van der Waals surface area contributed by atoms with Crippen molar-refractivity contribution in [2.45, 2.75) is 18.8 Å². The van der Waals surface area contributed by atoms with E-state index in [0.717, 1.165) is 30.1 Å². The zero-order chi connectivity index (χ0) is 13.4. The van der Waals surface area contributed by atoms with Crippen LogP contribution in [-0.2, 0) is 0 Å². The Labute approximate surface area is 109 Å². The highest BCUT2D eigenvalue weighted by atomic mass is 16.5. The number of carbonyl (C=O) groups is 1. The van der Waals surface area contributed by atoms with Gasteiger partial charge in [-0.1, -0.05) is 0 Å². The maximum Gasteiger partial charge on any atom is 0.375 e. The van der Waals surface area contributed by atoms with Crippen LogP contribution in [0.25, 0.3) is 5.69 Å². The molecule has 0 atom stereocenters. The molecule has 1 aromatic heterocycles. The van der Waals surface area contributed by atoms with Crippen molar-refractivity contribution in [3.05, 3.63) is 35.9 Å². The molecule has 0 spiro atoms. The normalized spacial score (nSPS) is 14.4. The molecule has 1 N–H and O–H groups in total. The summed E-state index contributed by atoms with van der Waals surface area (Å²) in [5.41, 5.74) is 0.794. The van der Waals surface area contributed by atoms with Gasteiger partial charge >= 0.3 is 5.97 Å². The topological polar surface area (TPSA) is 77.2 Å². The van der Waals surface area contributed by atoms with Gasteiger partial charge in [0.25, 0.3) is 5.82 Å². The van der Waals surface area contributed by atoms with Crippen molar-refractivity contribution in [1.82, 2.24) is 14.8 Å². The summed E-state index contributed by atoms with van der Waals surface area (Å²) in [5.74, 6) is 0.535. The first-order valence-corrected chi connectivity index (χ1v) is 6.03. The van der Waals surface area contributed by atoms with Crippen molar-refractivity contribution >= 4 is 5.97 Å². The van der Waals surface area contributed by atoms with Gasteiger partial charge in [-0.3, -0.25) is 0 Å². The predicted octanol–water partition coefficient (Wildman–Crippen LogP) is 1.85. The number of ether oxygens (including phenoxy) is 1. The molecule has 0 unspecified atom stereocenters. The van der Waals surface area contributed by atoms with Crippen molar-refractivity contribution in [2.24, 2.45) is 0 Å². The molecule has 1 aliphatic rings. The second kappa shape index (κ2) is 4.38. The molecule has 6 nitrogen and oxygen atoms in total. The van der Waals surface area contributed by atoms with E-state index >= 15 is 0 Å². The van der Waals surface area contributed by atoms with Crippen molar-refractivity contribution < 1.29 is 14.6 Å². The lowest BCUT2D eigenvalue weighted by molar-refractivity contribution is 0.0683. The average molecular weight is 259 g/mol. The zero-order valence-electron chi connectivity index (χ0n) is 10.4. The van der Waals surface area contributed by atoms with E-state index in [2.05, 4.69) is 10.1 Å². The van der Waals surface area contributed by atoms with Gasteiger partial charge in [-0.15, -0.1) is 5.10 Å². The van der Waals surface area contributed by atoms with Crippen LogP contribution in [0.5, 0.6) is 5.75 Å². The van der Waals surface area contributed by atoms with Gasteiger partial charge < -0.3 is 9.84 Å². The Bertz CT molecular complexity index is 615. The van der Waals surface area contributed by atoms with Gasteiger partial charge in [0.15, 0.2) is 0 Å². The lowest BCUT2D eigenvalue weighted by Gasteiger charge is -2.05. The Balaban J connectivity index is 2.04. The molecule has 19 heavy (non-hydrogen) atoms. The molecule has 6 heteroatoms. The number of carboxylic acid groups (broad SMARTS) is 1. The summed E-state index contributed by atoms with van der Waals surface area (Å²) in [6.45, 7) is 0. The Morgan fingerprint density at radius 3 is 2.58 bits per heavy atom.